The minimum Gasteiger partial charge on any atom is -0.493 e. The summed E-state index contributed by atoms with van der Waals surface area (Å²) in [6.07, 6.45) is 1.86. The van der Waals surface area contributed by atoms with Crippen molar-refractivity contribution in [3.63, 3.8) is 0 Å². The molecular formula is C15H21N3O3. The van der Waals surface area contributed by atoms with Crippen LogP contribution in [0.2, 0.25) is 0 Å². The maximum atomic E-state index is 5.61. The van der Waals surface area contributed by atoms with Crippen LogP contribution in [0.25, 0.3) is 0 Å². The topological polar surface area (TPSA) is 64.1 Å². The van der Waals surface area contributed by atoms with E-state index in [0.29, 0.717) is 17.4 Å². The van der Waals surface area contributed by atoms with Crippen molar-refractivity contribution >= 4 is 5.84 Å². The van der Waals surface area contributed by atoms with Crippen molar-refractivity contribution in [1.29, 1.82) is 0 Å². The van der Waals surface area contributed by atoms with Gasteiger partial charge >= 0.3 is 0 Å². The Kier molecular flexibility index (Phi) is 4.26. The summed E-state index contributed by atoms with van der Waals surface area (Å²) in [6.45, 7) is 2.07. The number of ether oxygens (including phenoxy) is 2. The maximum Gasteiger partial charge on any atom is 0.202 e. The van der Waals surface area contributed by atoms with Crippen LogP contribution in [0.4, 0.5) is 0 Å². The van der Waals surface area contributed by atoms with Gasteiger partial charge in [0.15, 0.2) is 11.5 Å². The molecule has 0 radical (unpaired) electrons. The quantitative estimate of drug-likeness (QED) is 0.883. The van der Waals surface area contributed by atoms with Gasteiger partial charge in [0.25, 0.3) is 0 Å². The first-order valence-electron chi connectivity index (χ1n) is 7.24. The van der Waals surface area contributed by atoms with E-state index in [9.17, 15) is 0 Å². The van der Waals surface area contributed by atoms with E-state index in [2.05, 4.69) is 15.8 Å². The Hall–Kier alpha value is -1.79. The smallest absolute Gasteiger partial charge is 0.202 e. The summed E-state index contributed by atoms with van der Waals surface area (Å²) < 4.78 is 10.6. The molecule has 21 heavy (non-hydrogen) atoms. The molecule has 0 aliphatic carbocycles. The fourth-order valence-electron chi connectivity index (χ4n) is 2.73. The fourth-order valence-corrected chi connectivity index (χ4v) is 2.73. The molecule has 1 aromatic carbocycles. The molecule has 0 bridgehead atoms. The standard InChI is InChI=1S/C15H21N3O3/c1-19-12-4-3-11(9-13(12)20-2)15-17-14(18-21-15)10-5-7-16-8-6-10/h3-4,9-10,15-16H,5-8H2,1-2H3,(H,17,18). The first kappa shape index (κ1) is 14.2. The van der Waals surface area contributed by atoms with E-state index < -0.39 is 0 Å². The number of nitrogens with zero attached hydrogens (tertiary/aromatic N) is 1. The van der Waals surface area contributed by atoms with Crippen LogP contribution in [0.5, 0.6) is 11.5 Å². The molecule has 0 saturated carbocycles. The third kappa shape index (κ3) is 2.96. The Morgan fingerprint density at radius 1 is 1.14 bits per heavy atom. The van der Waals surface area contributed by atoms with Gasteiger partial charge in [0.2, 0.25) is 6.23 Å². The van der Waals surface area contributed by atoms with Crippen molar-refractivity contribution in [3.8, 4) is 11.5 Å². The lowest BCUT2D eigenvalue weighted by atomic mass is 9.97. The van der Waals surface area contributed by atoms with Crippen LogP contribution in [0.15, 0.2) is 23.2 Å². The Morgan fingerprint density at radius 2 is 1.90 bits per heavy atom. The molecule has 114 valence electrons. The van der Waals surface area contributed by atoms with Crippen LogP contribution in [0, 0.1) is 5.92 Å². The second-order valence-electron chi connectivity index (χ2n) is 5.23. The van der Waals surface area contributed by atoms with Crippen molar-refractivity contribution < 1.29 is 14.3 Å². The van der Waals surface area contributed by atoms with Gasteiger partial charge in [-0.15, -0.1) is 0 Å². The molecule has 2 aliphatic heterocycles. The van der Waals surface area contributed by atoms with Crippen LogP contribution in [-0.2, 0) is 4.84 Å². The Bertz CT molecular complexity index is 527. The monoisotopic (exact) mass is 291 g/mol. The second-order valence-corrected chi connectivity index (χ2v) is 5.23. The van der Waals surface area contributed by atoms with Crippen LogP contribution >= 0.6 is 0 Å². The predicted molar refractivity (Wildman–Crippen MR) is 79.5 cm³/mol. The number of rotatable bonds is 4. The lowest BCUT2D eigenvalue weighted by Crippen LogP contribution is -2.35. The molecule has 2 aliphatic rings. The highest BCUT2D eigenvalue weighted by molar-refractivity contribution is 5.85. The summed E-state index contributed by atoms with van der Waals surface area (Å²) in [5, 5.41) is 3.35. The van der Waals surface area contributed by atoms with Crippen LogP contribution < -0.4 is 20.3 Å². The Labute approximate surface area is 124 Å². The van der Waals surface area contributed by atoms with Crippen LogP contribution in [-0.4, -0.2) is 33.1 Å². The molecule has 2 N–H and O–H groups in total. The summed E-state index contributed by atoms with van der Waals surface area (Å²) >= 11 is 0. The van der Waals surface area contributed by atoms with E-state index in [1.807, 2.05) is 18.2 Å². The third-order valence-electron chi connectivity index (χ3n) is 3.95. The van der Waals surface area contributed by atoms with E-state index in [0.717, 1.165) is 37.3 Å². The number of amidine groups is 1. The lowest BCUT2D eigenvalue weighted by Gasteiger charge is -2.21. The molecule has 1 fully saturated rings. The number of aliphatic imine (C=N–C) groups is 1. The van der Waals surface area contributed by atoms with Crippen molar-refractivity contribution in [2.75, 3.05) is 27.3 Å². The number of hydroxylamine groups is 1. The Balaban J connectivity index is 1.77. The largest absolute Gasteiger partial charge is 0.493 e. The summed E-state index contributed by atoms with van der Waals surface area (Å²) in [7, 11) is 3.25. The van der Waals surface area contributed by atoms with Gasteiger partial charge in [-0.25, -0.2) is 9.83 Å². The average molecular weight is 291 g/mol. The molecule has 3 rings (SSSR count). The Morgan fingerprint density at radius 3 is 2.62 bits per heavy atom. The van der Waals surface area contributed by atoms with E-state index in [-0.39, 0.29) is 6.23 Å². The van der Waals surface area contributed by atoms with E-state index in [4.69, 9.17) is 14.3 Å². The van der Waals surface area contributed by atoms with Gasteiger partial charge in [-0.2, -0.15) is 0 Å². The number of piperidine rings is 1. The molecule has 0 amide bonds. The zero-order valence-corrected chi connectivity index (χ0v) is 12.4. The molecule has 0 spiro atoms. The molecule has 1 saturated heterocycles. The van der Waals surface area contributed by atoms with Gasteiger partial charge < -0.3 is 14.8 Å². The minimum atomic E-state index is -0.324. The van der Waals surface area contributed by atoms with Crippen LogP contribution in [0.3, 0.4) is 0 Å². The summed E-state index contributed by atoms with van der Waals surface area (Å²) in [4.78, 5) is 10.3. The van der Waals surface area contributed by atoms with Crippen molar-refractivity contribution in [1.82, 2.24) is 10.8 Å². The van der Waals surface area contributed by atoms with Crippen LogP contribution in [0.1, 0.15) is 24.6 Å². The molecule has 2 heterocycles. The van der Waals surface area contributed by atoms with Gasteiger partial charge in [-0.05, 0) is 38.1 Å². The van der Waals surface area contributed by atoms with Gasteiger partial charge in [-0.3, -0.25) is 5.48 Å². The number of hydrogen-bond donors (Lipinski definition) is 2. The summed E-state index contributed by atoms with van der Waals surface area (Å²) in [5.41, 5.74) is 3.94. The zero-order valence-electron chi connectivity index (χ0n) is 12.4. The number of benzene rings is 1. The molecular weight excluding hydrogens is 270 g/mol. The molecule has 1 atom stereocenters. The highest BCUT2D eigenvalue weighted by Gasteiger charge is 2.27. The van der Waals surface area contributed by atoms with Gasteiger partial charge in [-0.1, -0.05) is 6.07 Å². The molecule has 1 aromatic rings. The SMILES string of the molecule is COc1ccc(C2N=C(C3CCNCC3)NO2)cc1OC. The normalized spacial score (nSPS) is 22.6. The first-order valence-corrected chi connectivity index (χ1v) is 7.24. The highest BCUT2D eigenvalue weighted by Crippen LogP contribution is 2.33. The summed E-state index contributed by atoms with van der Waals surface area (Å²) in [6, 6.07) is 5.72. The van der Waals surface area contributed by atoms with Gasteiger partial charge in [0, 0.05) is 11.5 Å². The van der Waals surface area contributed by atoms with Crippen molar-refractivity contribution in [2.45, 2.75) is 19.1 Å². The third-order valence-corrected chi connectivity index (χ3v) is 3.95. The van der Waals surface area contributed by atoms with Gasteiger partial charge in [0.1, 0.15) is 5.84 Å². The molecule has 6 heteroatoms. The minimum absolute atomic E-state index is 0.324. The molecule has 0 aromatic heterocycles. The summed E-state index contributed by atoms with van der Waals surface area (Å²) in [5.74, 6) is 2.80. The fraction of sp³-hybridized carbons (Fsp3) is 0.533. The van der Waals surface area contributed by atoms with Crippen molar-refractivity contribution in [2.24, 2.45) is 10.9 Å². The number of hydrogen-bond acceptors (Lipinski definition) is 6. The highest BCUT2D eigenvalue weighted by atomic mass is 16.7. The number of methoxy groups -OCH3 is 2. The van der Waals surface area contributed by atoms with E-state index >= 15 is 0 Å². The van der Waals surface area contributed by atoms with E-state index in [1.54, 1.807) is 14.2 Å². The lowest BCUT2D eigenvalue weighted by molar-refractivity contribution is 0.0358. The van der Waals surface area contributed by atoms with Crippen molar-refractivity contribution in [3.05, 3.63) is 23.8 Å². The molecule has 6 nitrogen and oxygen atoms in total. The van der Waals surface area contributed by atoms with E-state index in [1.165, 1.54) is 0 Å². The average Bonchev–Trinajstić information content (AvgIpc) is 3.05. The predicted octanol–water partition coefficient (Wildman–Crippen LogP) is 1.64. The zero-order chi connectivity index (χ0) is 14.7. The maximum absolute atomic E-state index is 5.61. The molecule has 1 unspecified atom stereocenters. The first-order chi connectivity index (χ1) is 10.3. The second kappa shape index (κ2) is 6.32. The van der Waals surface area contributed by atoms with Gasteiger partial charge in [0.05, 0.1) is 14.2 Å². The number of nitrogens with one attached hydrogen (secondary N) is 2.